The van der Waals surface area contributed by atoms with E-state index in [1.165, 1.54) is 0 Å². The molecule has 0 aliphatic heterocycles. The summed E-state index contributed by atoms with van der Waals surface area (Å²) in [4.78, 5) is 26.5. The van der Waals surface area contributed by atoms with E-state index in [1.54, 1.807) is 30.3 Å². The van der Waals surface area contributed by atoms with Crippen molar-refractivity contribution < 1.29 is 14.7 Å². The van der Waals surface area contributed by atoms with Gasteiger partial charge in [0.25, 0.3) is 5.91 Å². The molecular formula is C34H26NO3P. The summed E-state index contributed by atoms with van der Waals surface area (Å²) in [6.07, 6.45) is 0. The fourth-order valence-electron chi connectivity index (χ4n) is 4.87. The van der Waals surface area contributed by atoms with Crippen LogP contribution in [-0.4, -0.2) is 11.9 Å². The van der Waals surface area contributed by atoms with Crippen molar-refractivity contribution in [3.8, 4) is 0 Å². The number of nitrogens with one attached hydrogen (secondary N) is 1. The quantitative estimate of drug-likeness (QED) is 0.238. The first-order chi connectivity index (χ1) is 19.1. The Morgan fingerprint density at radius 2 is 0.821 bits per heavy atom. The van der Waals surface area contributed by atoms with Crippen LogP contribution >= 0.6 is 7.26 Å². The number of aliphatic carboxylic acids is 1. The Hall–Kier alpha value is -4.79. The molecule has 0 atom stereocenters. The van der Waals surface area contributed by atoms with Crippen molar-refractivity contribution >= 4 is 40.4 Å². The van der Waals surface area contributed by atoms with Crippen LogP contribution in [-0.2, 0) is 4.79 Å². The van der Waals surface area contributed by atoms with Crippen LogP contribution in [0.2, 0.25) is 0 Å². The molecule has 5 aromatic carbocycles. The first-order valence-corrected chi connectivity index (χ1v) is 14.3. The van der Waals surface area contributed by atoms with Crippen LogP contribution in [0.4, 0.5) is 0 Å². The van der Waals surface area contributed by atoms with Crippen molar-refractivity contribution in [2.24, 2.45) is 0 Å². The van der Waals surface area contributed by atoms with E-state index in [9.17, 15) is 14.7 Å². The SMILES string of the molecule is O=C([O-])/C(NC(=O)c1ccccc1)=C(/c1ccccc1)[P+](c1ccccc1)(c1ccccc1)c1ccccc1. The van der Waals surface area contributed by atoms with E-state index in [4.69, 9.17) is 0 Å². The van der Waals surface area contributed by atoms with E-state index in [1.807, 2.05) is 121 Å². The van der Waals surface area contributed by atoms with Gasteiger partial charge in [0.1, 0.15) is 34.2 Å². The number of hydrogen-bond donors (Lipinski definition) is 1. The van der Waals surface area contributed by atoms with Gasteiger partial charge < -0.3 is 15.2 Å². The first kappa shape index (κ1) is 25.8. The number of carbonyl (C=O) groups excluding carboxylic acids is 2. The van der Waals surface area contributed by atoms with Crippen LogP contribution in [0.3, 0.4) is 0 Å². The lowest BCUT2D eigenvalue weighted by atomic mass is 10.1. The molecular weight excluding hydrogens is 501 g/mol. The summed E-state index contributed by atoms with van der Waals surface area (Å²) in [6, 6.07) is 47.7. The molecule has 0 bridgehead atoms. The summed E-state index contributed by atoms with van der Waals surface area (Å²) in [5.41, 5.74) is 0.793. The Bertz CT molecular complexity index is 1490. The second kappa shape index (κ2) is 11.7. The number of carboxylic acids is 1. The molecule has 0 radical (unpaired) electrons. The monoisotopic (exact) mass is 527 g/mol. The molecule has 5 aromatic rings. The highest BCUT2D eigenvalue weighted by Gasteiger charge is 2.52. The second-order valence-corrected chi connectivity index (χ2v) is 12.2. The van der Waals surface area contributed by atoms with Gasteiger partial charge in [-0.05, 0) is 48.5 Å². The lowest BCUT2D eigenvalue weighted by Crippen LogP contribution is -2.40. The summed E-state index contributed by atoms with van der Waals surface area (Å²) < 4.78 is 0. The summed E-state index contributed by atoms with van der Waals surface area (Å²) in [7, 11) is -2.90. The predicted octanol–water partition coefficient (Wildman–Crippen LogP) is 4.53. The third-order valence-corrected chi connectivity index (χ3v) is 10.9. The smallest absolute Gasteiger partial charge is 0.255 e. The molecule has 0 aliphatic rings. The van der Waals surface area contributed by atoms with E-state index in [-0.39, 0.29) is 5.70 Å². The summed E-state index contributed by atoms with van der Waals surface area (Å²) in [5, 5.41) is 19.2. The molecule has 4 nitrogen and oxygen atoms in total. The summed E-state index contributed by atoms with van der Waals surface area (Å²) >= 11 is 0. The standard InChI is InChI=1S/C34H26NO3P/c36-33(27-18-8-2-9-19-27)35-31(34(37)38)32(26-16-6-1-7-17-26)39(28-20-10-3-11-21-28,29-22-12-4-13-23-29)30-24-14-5-15-25-30/h1-25H,(H-,35,36,37,38)/b32-31+. The number of benzene rings is 5. The zero-order valence-electron chi connectivity index (χ0n) is 21.1. The number of carbonyl (C=O) groups is 2. The van der Waals surface area contributed by atoms with Crippen LogP contribution in [0.25, 0.3) is 5.31 Å². The normalized spacial score (nSPS) is 11.8. The van der Waals surface area contributed by atoms with Gasteiger partial charge in [-0.3, -0.25) is 4.79 Å². The minimum Gasteiger partial charge on any atom is -0.543 e. The fourth-order valence-corrected chi connectivity index (χ4v) is 9.42. The number of rotatable bonds is 8. The van der Waals surface area contributed by atoms with Gasteiger partial charge in [-0.25, -0.2) is 0 Å². The zero-order valence-corrected chi connectivity index (χ0v) is 22.0. The van der Waals surface area contributed by atoms with Crippen molar-refractivity contribution in [3.63, 3.8) is 0 Å². The van der Waals surface area contributed by atoms with Gasteiger partial charge in [0.15, 0.2) is 0 Å². The predicted molar refractivity (Wildman–Crippen MR) is 157 cm³/mol. The maximum Gasteiger partial charge on any atom is 0.255 e. The minimum absolute atomic E-state index is 0.250. The van der Waals surface area contributed by atoms with Gasteiger partial charge in [0, 0.05) is 11.1 Å². The maximum absolute atomic E-state index is 13.4. The molecule has 0 spiro atoms. The van der Waals surface area contributed by atoms with Gasteiger partial charge in [-0.15, -0.1) is 0 Å². The van der Waals surface area contributed by atoms with Crippen molar-refractivity contribution in [2.45, 2.75) is 0 Å². The Balaban J connectivity index is 1.94. The van der Waals surface area contributed by atoms with Gasteiger partial charge in [0.2, 0.25) is 0 Å². The topological polar surface area (TPSA) is 69.2 Å². The second-order valence-electron chi connectivity index (χ2n) is 8.87. The van der Waals surface area contributed by atoms with Crippen LogP contribution in [0, 0.1) is 0 Å². The minimum atomic E-state index is -2.90. The van der Waals surface area contributed by atoms with E-state index < -0.39 is 19.1 Å². The highest BCUT2D eigenvalue weighted by atomic mass is 31.2. The van der Waals surface area contributed by atoms with E-state index >= 15 is 0 Å². The van der Waals surface area contributed by atoms with Crippen LogP contribution in [0.1, 0.15) is 15.9 Å². The highest BCUT2D eigenvalue weighted by Crippen LogP contribution is 2.67. The molecule has 0 saturated carbocycles. The number of carboxylic acid groups (broad SMARTS) is 1. The van der Waals surface area contributed by atoms with Gasteiger partial charge in [-0.1, -0.05) is 103 Å². The Morgan fingerprint density at radius 1 is 0.487 bits per heavy atom. The average molecular weight is 528 g/mol. The molecule has 0 aliphatic carbocycles. The van der Waals surface area contributed by atoms with Gasteiger partial charge in [0.05, 0.1) is 5.97 Å². The van der Waals surface area contributed by atoms with E-state index in [0.29, 0.717) is 16.4 Å². The Kier molecular flexibility index (Phi) is 7.77. The molecule has 190 valence electrons. The lowest BCUT2D eigenvalue weighted by molar-refractivity contribution is -0.299. The fraction of sp³-hybridized carbons (Fsp3) is 0. The third kappa shape index (κ3) is 5.16. The van der Waals surface area contributed by atoms with Crippen LogP contribution in [0.15, 0.2) is 157 Å². The number of amides is 1. The molecule has 0 unspecified atom stereocenters. The average Bonchev–Trinajstić information content (AvgIpc) is 3.01. The molecule has 39 heavy (non-hydrogen) atoms. The van der Waals surface area contributed by atoms with E-state index in [2.05, 4.69) is 5.32 Å². The first-order valence-electron chi connectivity index (χ1n) is 12.6. The third-order valence-electron chi connectivity index (χ3n) is 6.53. The van der Waals surface area contributed by atoms with Crippen molar-refractivity contribution in [1.29, 1.82) is 0 Å². The molecule has 0 aromatic heterocycles. The maximum atomic E-state index is 13.4. The molecule has 0 fully saturated rings. The molecule has 0 heterocycles. The lowest BCUT2D eigenvalue weighted by Gasteiger charge is -2.32. The Labute approximate surface area is 228 Å². The van der Waals surface area contributed by atoms with Gasteiger partial charge in [-0.2, -0.15) is 0 Å². The zero-order chi connectivity index (χ0) is 27.1. The molecule has 5 rings (SSSR count). The van der Waals surface area contributed by atoms with Crippen molar-refractivity contribution in [2.75, 3.05) is 0 Å². The summed E-state index contributed by atoms with van der Waals surface area (Å²) in [6.45, 7) is 0. The van der Waals surface area contributed by atoms with Crippen molar-refractivity contribution in [1.82, 2.24) is 5.32 Å². The largest absolute Gasteiger partial charge is 0.543 e. The highest BCUT2D eigenvalue weighted by molar-refractivity contribution is 8.03. The molecule has 1 N–H and O–H groups in total. The van der Waals surface area contributed by atoms with Crippen LogP contribution < -0.4 is 26.3 Å². The molecule has 1 amide bonds. The Morgan fingerprint density at radius 3 is 1.18 bits per heavy atom. The van der Waals surface area contributed by atoms with Crippen molar-refractivity contribution in [3.05, 3.63) is 168 Å². The summed E-state index contributed by atoms with van der Waals surface area (Å²) in [5.74, 6) is -1.97. The molecule has 5 heteroatoms. The molecule has 0 saturated heterocycles. The van der Waals surface area contributed by atoms with E-state index in [0.717, 1.165) is 15.9 Å². The number of hydrogen-bond acceptors (Lipinski definition) is 3. The van der Waals surface area contributed by atoms with Gasteiger partial charge >= 0.3 is 0 Å². The van der Waals surface area contributed by atoms with Crippen LogP contribution in [0.5, 0.6) is 0 Å².